The summed E-state index contributed by atoms with van der Waals surface area (Å²) >= 11 is 0. The van der Waals surface area contributed by atoms with Crippen LogP contribution >= 0.6 is 0 Å². The second-order valence-corrected chi connectivity index (χ2v) is 5.30. The van der Waals surface area contributed by atoms with E-state index in [2.05, 4.69) is 40.8 Å². The molecule has 3 heteroatoms. The molecule has 0 spiro atoms. The van der Waals surface area contributed by atoms with Gasteiger partial charge in [-0.25, -0.2) is 5.01 Å². The smallest absolute Gasteiger partial charge is 0.236 e. The first-order valence-corrected chi connectivity index (χ1v) is 6.77. The standard InChI is InChI=1S/C15H22N2O/c1-12(2)15(18)16-17-10-8-14(9-11-17)13-6-4-3-5-7-13/h3-7,12,14H,8-11H2,1-2H3,(H,16,18). The first-order valence-electron chi connectivity index (χ1n) is 6.77. The molecule has 1 heterocycles. The van der Waals surface area contributed by atoms with Gasteiger partial charge in [0.25, 0.3) is 0 Å². The van der Waals surface area contributed by atoms with Crippen molar-refractivity contribution in [1.29, 1.82) is 0 Å². The summed E-state index contributed by atoms with van der Waals surface area (Å²) in [6.07, 6.45) is 2.23. The molecular formula is C15H22N2O. The molecular weight excluding hydrogens is 224 g/mol. The number of carbonyl (C=O) groups excluding carboxylic acids is 1. The number of hydrogen-bond donors (Lipinski definition) is 1. The minimum absolute atomic E-state index is 0.0526. The van der Waals surface area contributed by atoms with Gasteiger partial charge in [0.05, 0.1) is 0 Å². The van der Waals surface area contributed by atoms with Gasteiger partial charge in [-0.1, -0.05) is 44.2 Å². The van der Waals surface area contributed by atoms with Crippen LogP contribution in [-0.4, -0.2) is 24.0 Å². The first-order chi connectivity index (χ1) is 8.66. The number of amides is 1. The van der Waals surface area contributed by atoms with E-state index in [0.29, 0.717) is 5.92 Å². The minimum atomic E-state index is 0.0526. The molecule has 1 aliphatic heterocycles. The number of rotatable bonds is 3. The van der Waals surface area contributed by atoms with Gasteiger partial charge in [-0.05, 0) is 24.3 Å². The molecule has 0 radical (unpaired) electrons. The second-order valence-electron chi connectivity index (χ2n) is 5.30. The van der Waals surface area contributed by atoms with Gasteiger partial charge < -0.3 is 0 Å². The fourth-order valence-corrected chi connectivity index (χ4v) is 2.33. The van der Waals surface area contributed by atoms with Gasteiger partial charge in [0.1, 0.15) is 0 Å². The highest BCUT2D eigenvalue weighted by molar-refractivity contribution is 5.77. The molecule has 1 aromatic carbocycles. The molecule has 0 aliphatic carbocycles. The fraction of sp³-hybridized carbons (Fsp3) is 0.533. The van der Waals surface area contributed by atoms with Crippen molar-refractivity contribution in [3.8, 4) is 0 Å². The van der Waals surface area contributed by atoms with Crippen molar-refractivity contribution in [2.45, 2.75) is 32.6 Å². The van der Waals surface area contributed by atoms with Gasteiger partial charge >= 0.3 is 0 Å². The number of nitrogens with one attached hydrogen (secondary N) is 1. The highest BCUT2D eigenvalue weighted by atomic mass is 16.2. The molecule has 0 bridgehead atoms. The summed E-state index contributed by atoms with van der Waals surface area (Å²) in [5, 5.41) is 2.06. The first kappa shape index (κ1) is 13.1. The number of hydrogen-bond acceptors (Lipinski definition) is 2. The lowest BCUT2D eigenvalue weighted by atomic mass is 9.90. The maximum Gasteiger partial charge on any atom is 0.236 e. The van der Waals surface area contributed by atoms with Crippen LogP contribution in [0.3, 0.4) is 0 Å². The van der Waals surface area contributed by atoms with E-state index in [9.17, 15) is 4.79 Å². The Labute approximate surface area is 109 Å². The zero-order chi connectivity index (χ0) is 13.0. The molecule has 1 fully saturated rings. The third kappa shape index (κ3) is 3.33. The maximum atomic E-state index is 11.6. The van der Waals surface area contributed by atoms with E-state index < -0.39 is 0 Å². The molecule has 18 heavy (non-hydrogen) atoms. The van der Waals surface area contributed by atoms with Crippen molar-refractivity contribution < 1.29 is 4.79 Å². The van der Waals surface area contributed by atoms with E-state index in [1.807, 2.05) is 13.8 Å². The number of carbonyl (C=O) groups is 1. The van der Waals surface area contributed by atoms with Crippen LogP contribution in [0.25, 0.3) is 0 Å². The van der Waals surface area contributed by atoms with Crippen molar-refractivity contribution in [2.75, 3.05) is 13.1 Å². The Morgan fingerprint density at radius 1 is 1.22 bits per heavy atom. The van der Waals surface area contributed by atoms with Crippen molar-refractivity contribution in [3.05, 3.63) is 35.9 Å². The lowest BCUT2D eigenvalue weighted by Crippen LogP contribution is -2.47. The Balaban J connectivity index is 1.83. The van der Waals surface area contributed by atoms with Crippen LogP contribution in [0.1, 0.15) is 38.2 Å². The van der Waals surface area contributed by atoms with Gasteiger partial charge in [0.2, 0.25) is 5.91 Å². The van der Waals surface area contributed by atoms with Crippen LogP contribution in [-0.2, 0) is 4.79 Å². The maximum absolute atomic E-state index is 11.6. The number of piperidine rings is 1. The summed E-state index contributed by atoms with van der Waals surface area (Å²) in [5.41, 5.74) is 4.41. The molecule has 1 aliphatic rings. The van der Waals surface area contributed by atoms with Crippen LogP contribution in [0.2, 0.25) is 0 Å². The van der Waals surface area contributed by atoms with Crippen LogP contribution in [0, 0.1) is 5.92 Å². The molecule has 1 saturated heterocycles. The summed E-state index contributed by atoms with van der Waals surface area (Å²) < 4.78 is 0. The average Bonchev–Trinajstić information content (AvgIpc) is 2.40. The Morgan fingerprint density at radius 2 is 1.83 bits per heavy atom. The Kier molecular flexibility index (Phi) is 4.37. The molecule has 2 rings (SSSR count). The number of nitrogens with zero attached hydrogens (tertiary/aromatic N) is 1. The zero-order valence-corrected chi connectivity index (χ0v) is 11.2. The second kappa shape index (κ2) is 6.01. The van der Waals surface area contributed by atoms with E-state index in [4.69, 9.17) is 0 Å². The predicted octanol–water partition coefficient (Wildman–Crippen LogP) is 2.55. The summed E-state index contributed by atoms with van der Waals surface area (Å²) in [5.74, 6) is 0.809. The zero-order valence-electron chi connectivity index (χ0n) is 11.2. The average molecular weight is 246 g/mol. The van der Waals surface area contributed by atoms with E-state index in [1.165, 1.54) is 5.56 Å². The molecule has 3 nitrogen and oxygen atoms in total. The van der Waals surface area contributed by atoms with Crippen LogP contribution < -0.4 is 5.43 Å². The monoisotopic (exact) mass is 246 g/mol. The van der Waals surface area contributed by atoms with Gasteiger partial charge in [-0.3, -0.25) is 10.2 Å². The molecule has 1 N–H and O–H groups in total. The van der Waals surface area contributed by atoms with Crippen molar-refractivity contribution in [2.24, 2.45) is 5.92 Å². The van der Waals surface area contributed by atoms with Crippen LogP contribution in [0.4, 0.5) is 0 Å². The summed E-state index contributed by atoms with van der Waals surface area (Å²) in [7, 11) is 0. The van der Waals surface area contributed by atoms with E-state index in [0.717, 1.165) is 25.9 Å². The molecule has 0 saturated carbocycles. The van der Waals surface area contributed by atoms with E-state index in [1.54, 1.807) is 0 Å². The predicted molar refractivity (Wildman–Crippen MR) is 73.0 cm³/mol. The highest BCUT2D eigenvalue weighted by Crippen LogP contribution is 2.26. The van der Waals surface area contributed by atoms with Gasteiger partial charge in [0, 0.05) is 19.0 Å². The molecule has 98 valence electrons. The lowest BCUT2D eigenvalue weighted by Gasteiger charge is -2.32. The minimum Gasteiger partial charge on any atom is -0.289 e. The van der Waals surface area contributed by atoms with Crippen molar-refractivity contribution in [1.82, 2.24) is 10.4 Å². The molecule has 1 aromatic rings. The quantitative estimate of drug-likeness (QED) is 0.889. The topological polar surface area (TPSA) is 32.3 Å². The normalized spacial score (nSPS) is 17.9. The summed E-state index contributed by atoms with van der Waals surface area (Å²) in [6.45, 7) is 5.73. The third-order valence-corrected chi connectivity index (χ3v) is 3.56. The molecule has 0 unspecified atom stereocenters. The van der Waals surface area contributed by atoms with Gasteiger partial charge in [-0.2, -0.15) is 0 Å². The summed E-state index contributed by atoms with van der Waals surface area (Å²) in [6, 6.07) is 10.7. The fourth-order valence-electron chi connectivity index (χ4n) is 2.33. The molecule has 1 amide bonds. The van der Waals surface area contributed by atoms with Gasteiger partial charge in [-0.15, -0.1) is 0 Å². The van der Waals surface area contributed by atoms with Crippen LogP contribution in [0.15, 0.2) is 30.3 Å². The number of hydrazine groups is 1. The lowest BCUT2D eigenvalue weighted by molar-refractivity contribution is -0.129. The third-order valence-electron chi connectivity index (χ3n) is 3.56. The van der Waals surface area contributed by atoms with Crippen molar-refractivity contribution >= 4 is 5.91 Å². The van der Waals surface area contributed by atoms with E-state index >= 15 is 0 Å². The van der Waals surface area contributed by atoms with Crippen molar-refractivity contribution in [3.63, 3.8) is 0 Å². The summed E-state index contributed by atoms with van der Waals surface area (Å²) in [4.78, 5) is 11.6. The number of benzene rings is 1. The van der Waals surface area contributed by atoms with E-state index in [-0.39, 0.29) is 11.8 Å². The Hall–Kier alpha value is -1.35. The largest absolute Gasteiger partial charge is 0.289 e. The molecule has 0 atom stereocenters. The highest BCUT2D eigenvalue weighted by Gasteiger charge is 2.21. The van der Waals surface area contributed by atoms with Crippen LogP contribution in [0.5, 0.6) is 0 Å². The van der Waals surface area contributed by atoms with Gasteiger partial charge in [0.15, 0.2) is 0 Å². The molecule has 0 aromatic heterocycles. The Bertz CT molecular complexity index is 381. The Morgan fingerprint density at radius 3 is 2.39 bits per heavy atom. The SMILES string of the molecule is CC(C)C(=O)NN1CCC(c2ccccc2)CC1.